The predicted octanol–water partition coefficient (Wildman–Crippen LogP) is 4.71. The van der Waals surface area contributed by atoms with Crippen LogP contribution in [0.1, 0.15) is 24.5 Å². The number of carbonyl (C=O) groups excluding carboxylic acids is 2. The number of imide groups is 1. The van der Waals surface area contributed by atoms with Crippen LogP contribution in [0.15, 0.2) is 58.1 Å². The van der Waals surface area contributed by atoms with E-state index in [9.17, 15) is 14.0 Å². The van der Waals surface area contributed by atoms with Crippen molar-refractivity contribution in [2.75, 3.05) is 6.61 Å². The Labute approximate surface area is 199 Å². The van der Waals surface area contributed by atoms with Crippen molar-refractivity contribution in [1.82, 2.24) is 5.01 Å². The smallest absolute Gasteiger partial charge is 0.254 e. The minimum atomic E-state index is -0.305. The van der Waals surface area contributed by atoms with E-state index >= 15 is 0 Å². The van der Waals surface area contributed by atoms with Gasteiger partial charge in [0.25, 0.3) is 11.8 Å². The lowest BCUT2D eigenvalue weighted by Crippen LogP contribution is -2.28. The normalized spacial score (nSPS) is 25.4. The number of rotatable bonds is 7. The first-order chi connectivity index (χ1) is 16.0. The van der Waals surface area contributed by atoms with Crippen LogP contribution in [0.4, 0.5) is 4.39 Å². The number of benzene rings is 2. The molecule has 2 aliphatic carbocycles. The number of halogens is 2. The van der Waals surface area contributed by atoms with Crippen molar-refractivity contribution in [2.45, 2.75) is 20.0 Å². The Bertz CT molecular complexity index is 1130. The minimum absolute atomic E-state index is 0.146. The van der Waals surface area contributed by atoms with E-state index in [1.807, 2.05) is 6.92 Å². The van der Waals surface area contributed by atoms with Crippen molar-refractivity contribution in [2.24, 2.45) is 28.8 Å². The Morgan fingerprint density at radius 1 is 1.09 bits per heavy atom. The van der Waals surface area contributed by atoms with Crippen LogP contribution in [0.25, 0.3) is 0 Å². The Balaban J connectivity index is 1.34. The lowest BCUT2D eigenvalue weighted by atomic mass is 9.85. The quantitative estimate of drug-likeness (QED) is 0.306. The van der Waals surface area contributed by atoms with Gasteiger partial charge in [-0.2, -0.15) is 10.1 Å². The summed E-state index contributed by atoms with van der Waals surface area (Å²) >= 11 is 3.51. The first kappa shape index (κ1) is 21.8. The van der Waals surface area contributed by atoms with Crippen LogP contribution in [-0.4, -0.2) is 29.6 Å². The van der Waals surface area contributed by atoms with Crippen LogP contribution >= 0.6 is 15.9 Å². The molecule has 0 unspecified atom stereocenters. The Hall–Kier alpha value is -3.00. The molecule has 0 aromatic heterocycles. The van der Waals surface area contributed by atoms with Gasteiger partial charge in [-0.1, -0.05) is 24.3 Å². The molecule has 5 rings (SSSR count). The van der Waals surface area contributed by atoms with Gasteiger partial charge in [0.15, 0.2) is 11.5 Å². The first-order valence-corrected chi connectivity index (χ1v) is 11.7. The second-order valence-electron chi connectivity index (χ2n) is 8.41. The summed E-state index contributed by atoms with van der Waals surface area (Å²) in [6.45, 7) is 2.52. The van der Waals surface area contributed by atoms with Gasteiger partial charge in [0.2, 0.25) is 0 Å². The summed E-state index contributed by atoms with van der Waals surface area (Å²) < 4.78 is 25.4. The zero-order valence-electron chi connectivity index (χ0n) is 17.9. The monoisotopic (exact) mass is 512 g/mol. The standard InChI is InChI=1S/C25H22BrFN2O4/c1-2-32-20-10-15(9-19(26)23(20)33-13-14-3-7-18(27)8-4-14)12-28-29-24(30)21-16-5-6-17(11-16)22(21)25(29)31/h3-10,12,16-17,21-22H,2,11,13H2,1H3/t16-,17-,21-,22+/m0/s1. The van der Waals surface area contributed by atoms with E-state index in [0.717, 1.165) is 17.0 Å². The summed E-state index contributed by atoms with van der Waals surface area (Å²) in [5.74, 6) is -0.0163. The van der Waals surface area contributed by atoms with Crippen LogP contribution in [0.2, 0.25) is 0 Å². The van der Waals surface area contributed by atoms with Gasteiger partial charge in [0.1, 0.15) is 12.4 Å². The second-order valence-corrected chi connectivity index (χ2v) is 9.27. The number of hydrogen-bond donors (Lipinski definition) is 0. The first-order valence-electron chi connectivity index (χ1n) is 10.9. The summed E-state index contributed by atoms with van der Waals surface area (Å²) in [6, 6.07) is 9.61. The molecule has 3 aliphatic rings. The van der Waals surface area contributed by atoms with Crippen LogP contribution in [-0.2, 0) is 16.2 Å². The zero-order chi connectivity index (χ0) is 23.1. The average molecular weight is 513 g/mol. The highest BCUT2D eigenvalue weighted by Crippen LogP contribution is 2.52. The number of allylic oxidation sites excluding steroid dienone is 2. The molecule has 2 amide bonds. The third-order valence-electron chi connectivity index (χ3n) is 6.40. The summed E-state index contributed by atoms with van der Waals surface area (Å²) in [6.07, 6.45) is 6.48. The Morgan fingerprint density at radius 2 is 1.76 bits per heavy atom. The van der Waals surface area contributed by atoms with E-state index in [1.165, 1.54) is 18.3 Å². The van der Waals surface area contributed by atoms with E-state index in [2.05, 4.69) is 33.2 Å². The molecule has 6 nitrogen and oxygen atoms in total. The van der Waals surface area contributed by atoms with Crippen LogP contribution < -0.4 is 9.47 Å². The lowest BCUT2D eigenvalue weighted by Gasteiger charge is -2.15. The number of ether oxygens (including phenoxy) is 2. The number of carbonyl (C=O) groups is 2. The maximum absolute atomic E-state index is 13.1. The van der Waals surface area contributed by atoms with E-state index in [-0.39, 0.29) is 47.9 Å². The topological polar surface area (TPSA) is 68.2 Å². The molecule has 0 spiro atoms. The third-order valence-corrected chi connectivity index (χ3v) is 6.99. The zero-order valence-corrected chi connectivity index (χ0v) is 19.5. The highest BCUT2D eigenvalue weighted by Gasteiger charge is 2.59. The molecule has 0 N–H and O–H groups in total. The van der Waals surface area contributed by atoms with E-state index < -0.39 is 0 Å². The fourth-order valence-corrected chi connectivity index (χ4v) is 5.50. The Kier molecular flexibility index (Phi) is 5.78. The van der Waals surface area contributed by atoms with Gasteiger partial charge in [0.05, 0.1) is 29.1 Å². The van der Waals surface area contributed by atoms with Gasteiger partial charge in [-0.3, -0.25) is 9.59 Å². The van der Waals surface area contributed by atoms with Crippen molar-refractivity contribution in [1.29, 1.82) is 0 Å². The number of hydrazone groups is 1. The molecule has 2 bridgehead atoms. The number of nitrogens with zero attached hydrogens (tertiary/aromatic N) is 2. The summed E-state index contributed by atoms with van der Waals surface area (Å²) in [4.78, 5) is 25.6. The summed E-state index contributed by atoms with van der Waals surface area (Å²) in [5, 5.41) is 5.26. The number of hydrogen-bond acceptors (Lipinski definition) is 5. The molecule has 2 fully saturated rings. The molecule has 2 aromatic carbocycles. The van der Waals surface area contributed by atoms with Gasteiger partial charge >= 0.3 is 0 Å². The molecule has 33 heavy (non-hydrogen) atoms. The summed E-state index contributed by atoms with van der Waals surface area (Å²) in [5.41, 5.74) is 1.47. The number of amides is 2. The van der Waals surface area contributed by atoms with Crippen molar-refractivity contribution in [3.05, 3.63) is 70.0 Å². The van der Waals surface area contributed by atoms with Crippen LogP contribution in [0, 0.1) is 29.5 Å². The third kappa shape index (κ3) is 3.97. The van der Waals surface area contributed by atoms with Crippen molar-refractivity contribution >= 4 is 34.0 Å². The second kappa shape index (κ2) is 8.74. The van der Waals surface area contributed by atoms with Crippen LogP contribution in [0.5, 0.6) is 11.5 Å². The van der Waals surface area contributed by atoms with Crippen molar-refractivity contribution in [3.63, 3.8) is 0 Å². The molecule has 1 aliphatic heterocycles. The van der Waals surface area contributed by atoms with Gasteiger partial charge in [-0.05, 0) is 76.5 Å². The molecule has 1 heterocycles. The molecule has 2 aromatic rings. The molecule has 0 radical (unpaired) electrons. The predicted molar refractivity (Wildman–Crippen MR) is 123 cm³/mol. The maximum Gasteiger partial charge on any atom is 0.254 e. The van der Waals surface area contributed by atoms with Crippen molar-refractivity contribution in [3.8, 4) is 11.5 Å². The van der Waals surface area contributed by atoms with Crippen LogP contribution in [0.3, 0.4) is 0 Å². The largest absolute Gasteiger partial charge is 0.490 e. The van der Waals surface area contributed by atoms with Gasteiger partial charge < -0.3 is 9.47 Å². The molecule has 4 atom stereocenters. The highest BCUT2D eigenvalue weighted by molar-refractivity contribution is 9.10. The molecule has 8 heteroatoms. The van der Waals surface area contributed by atoms with Gasteiger partial charge in [-0.15, -0.1) is 0 Å². The average Bonchev–Trinajstić information content (AvgIpc) is 3.47. The fraction of sp³-hybridized carbons (Fsp3) is 0.320. The fourth-order valence-electron chi connectivity index (χ4n) is 4.93. The van der Waals surface area contributed by atoms with Gasteiger partial charge in [-0.25, -0.2) is 4.39 Å². The van der Waals surface area contributed by atoms with E-state index in [0.29, 0.717) is 28.1 Å². The molecular formula is C25H22BrFN2O4. The minimum Gasteiger partial charge on any atom is -0.490 e. The van der Waals surface area contributed by atoms with Crippen molar-refractivity contribution < 1.29 is 23.5 Å². The Morgan fingerprint density at radius 3 is 2.39 bits per heavy atom. The lowest BCUT2D eigenvalue weighted by molar-refractivity contribution is -0.140. The van der Waals surface area contributed by atoms with E-state index in [1.54, 1.807) is 24.3 Å². The molecular weight excluding hydrogens is 491 g/mol. The van der Waals surface area contributed by atoms with E-state index in [4.69, 9.17) is 9.47 Å². The van der Waals surface area contributed by atoms with Gasteiger partial charge in [0, 0.05) is 0 Å². The number of fused-ring (bicyclic) bond motifs is 5. The SMILES string of the molecule is CCOc1cc(C=NN2C(=O)[C@@H]3[C@H](C2=O)[C@H]2C=C[C@H]3C2)cc(Br)c1OCc1ccc(F)cc1. The maximum atomic E-state index is 13.1. The highest BCUT2D eigenvalue weighted by atomic mass is 79.9. The molecule has 170 valence electrons. The molecule has 1 saturated carbocycles. The summed E-state index contributed by atoms with van der Waals surface area (Å²) in [7, 11) is 0. The molecule has 1 saturated heterocycles.